The van der Waals surface area contributed by atoms with Crippen LogP contribution in [0.4, 0.5) is 8.78 Å². The monoisotopic (exact) mass is 381 g/mol. The van der Waals surface area contributed by atoms with Gasteiger partial charge in [0.05, 0.1) is 0 Å². The minimum Gasteiger partial charge on any atom is -0.435 e. The first-order chi connectivity index (χ1) is 12.0. The van der Waals surface area contributed by atoms with Gasteiger partial charge in [0, 0.05) is 23.4 Å². The summed E-state index contributed by atoms with van der Waals surface area (Å²) in [5.74, 6) is 1.50. The fraction of sp³-hybridized carbons (Fsp3) is 0.176. The summed E-state index contributed by atoms with van der Waals surface area (Å²) in [4.78, 5) is 0. The molecule has 0 spiro atoms. The molecule has 0 bridgehead atoms. The lowest BCUT2D eigenvalue weighted by molar-refractivity contribution is -0.0498. The second-order valence-electron chi connectivity index (χ2n) is 5.18. The van der Waals surface area contributed by atoms with E-state index in [4.69, 9.17) is 11.6 Å². The molecule has 0 aliphatic heterocycles. The largest absolute Gasteiger partial charge is 0.435 e. The Morgan fingerprint density at radius 3 is 2.40 bits per heavy atom. The van der Waals surface area contributed by atoms with Crippen molar-refractivity contribution in [3.63, 3.8) is 0 Å². The normalized spacial score (nSPS) is 11.1. The lowest BCUT2D eigenvalue weighted by Gasteiger charge is -2.06. The van der Waals surface area contributed by atoms with Crippen LogP contribution in [0.3, 0.4) is 0 Å². The third kappa shape index (κ3) is 4.49. The molecule has 8 heteroatoms. The number of hydrogen-bond acceptors (Lipinski definition) is 4. The lowest BCUT2D eigenvalue weighted by Crippen LogP contribution is -2.01. The Labute approximate surface area is 152 Å². The Kier molecular flexibility index (Phi) is 5.55. The second-order valence-corrected chi connectivity index (χ2v) is 6.56. The highest BCUT2D eigenvalue weighted by molar-refractivity contribution is 7.98. The quantitative estimate of drug-likeness (QED) is 0.561. The van der Waals surface area contributed by atoms with Crippen molar-refractivity contribution in [3.8, 4) is 17.1 Å². The minimum absolute atomic E-state index is 0.109. The van der Waals surface area contributed by atoms with Gasteiger partial charge >= 0.3 is 6.61 Å². The van der Waals surface area contributed by atoms with Crippen LogP contribution in [-0.2, 0) is 12.8 Å². The summed E-state index contributed by atoms with van der Waals surface area (Å²) in [6.07, 6.45) is 0. The van der Waals surface area contributed by atoms with Gasteiger partial charge in [0.1, 0.15) is 5.75 Å². The summed E-state index contributed by atoms with van der Waals surface area (Å²) in [5.41, 5.74) is 1.91. The number of thioether (sulfide) groups is 1. The SMILES string of the molecule is Cn1c(SCc2ccc(Cl)cc2)nnc1-c1ccc(OC(F)F)cc1. The Bertz CT molecular complexity index is 838. The van der Waals surface area contributed by atoms with Crippen molar-refractivity contribution in [3.05, 3.63) is 59.1 Å². The Morgan fingerprint density at radius 1 is 1.08 bits per heavy atom. The summed E-state index contributed by atoms with van der Waals surface area (Å²) in [6.45, 7) is -2.84. The third-order valence-corrected chi connectivity index (χ3v) is 4.80. The molecule has 0 saturated heterocycles. The topological polar surface area (TPSA) is 39.9 Å². The van der Waals surface area contributed by atoms with Crippen molar-refractivity contribution in [2.45, 2.75) is 17.5 Å². The number of nitrogens with zero attached hydrogens (tertiary/aromatic N) is 3. The van der Waals surface area contributed by atoms with Gasteiger partial charge < -0.3 is 9.30 Å². The van der Waals surface area contributed by atoms with Crippen LogP contribution >= 0.6 is 23.4 Å². The van der Waals surface area contributed by atoms with Crippen LogP contribution < -0.4 is 4.74 Å². The van der Waals surface area contributed by atoms with Crippen LogP contribution in [-0.4, -0.2) is 21.4 Å². The Hall–Kier alpha value is -2.12. The Balaban J connectivity index is 1.71. The molecule has 0 aliphatic rings. The zero-order valence-electron chi connectivity index (χ0n) is 13.2. The molecule has 0 radical (unpaired) electrons. The molecule has 2 aromatic carbocycles. The van der Waals surface area contributed by atoms with E-state index in [1.165, 1.54) is 12.1 Å². The van der Waals surface area contributed by atoms with Crippen LogP contribution in [0.15, 0.2) is 53.7 Å². The van der Waals surface area contributed by atoms with E-state index < -0.39 is 6.61 Å². The smallest absolute Gasteiger partial charge is 0.387 e. The number of halogens is 3. The number of ether oxygens (including phenoxy) is 1. The highest BCUT2D eigenvalue weighted by Gasteiger charge is 2.12. The van der Waals surface area contributed by atoms with Crippen molar-refractivity contribution in [2.75, 3.05) is 0 Å². The summed E-state index contributed by atoms with van der Waals surface area (Å²) in [6, 6.07) is 14.0. The molecule has 25 heavy (non-hydrogen) atoms. The molecule has 0 atom stereocenters. The lowest BCUT2D eigenvalue weighted by atomic mass is 10.2. The Morgan fingerprint density at radius 2 is 1.76 bits per heavy atom. The highest BCUT2D eigenvalue weighted by Crippen LogP contribution is 2.27. The van der Waals surface area contributed by atoms with Gasteiger partial charge in [0.2, 0.25) is 0 Å². The van der Waals surface area contributed by atoms with Gasteiger partial charge in [-0.1, -0.05) is 35.5 Å². The highest BCUT2D eigenvalue weighted by atomic mass is 35.5. The summed E-state index contributed by atoms with van der Waals surface area (Å²) >= 11 is 7.44. The number of aromatic nitrogens is 3. The van der Waals surface area contributed by atoms with E-state index in [9.17, 15) is 8.78 Å². The summed E-state index contributed by atoms with van der Waals surface area (Å²) < 4.78 is 30.6. The third-order valence-electron chi connectivity index (χ3n) is 3.45. The van der Waals surface area contributed by atoms with Crippen LogP contribution in [0.25, 0.3) is 11.4 Å². The van der Waals surface area contributed by atoms with Crippen molar-refractivity contribution in [2.24, 2.45) is 7.05 Å². The van der Waals surface area contributed by atoms with Crippen LogP contribution in [0, 0.1) is 0 Å². The van der Waals surface area contributed by atoms with Crippen molar-refractivity contribution < 1.29 is 13.5 Å². The van der Waals surface area contributed by atoms with E-state index in [0.29, 0.717) is 10.8 Å². The van der Waals surface area contributed by atoms with Gasteiger partial charge in [0.15, 0.2) is 11.0 Å². The van der Waals surface area contributed by atoms with Crippen molar-refractivity contribution in [1.29, 1.82) is 0 Å². The number of benzene rings is 2. The maximum absolute atomic E-state index is 12.2. The van der Waals surface area contributed by atoms with Gasteiger partial charge in [-0.2, -0.15) is 8.78 Å². The van der Waals surface area contributed by atoms with Gasteiger partial charge in [0.25, 0.3) is 0 Å². The molecule has 0 saturated carbocycles. The van der Waals surface area contributed by atoms with E-state index in [-0.39, 0.29) is 5.75 Å². The van der Waals surface area contributed by atoms with Gasteiger partial charge in [-0.3, -0.25) is 0 Å². The summed E-state index contributed by atoms with van der Waals surface area (Å²) in [7, 11) is 1.86. The van der Waals surface area contributed by atoms with Crippen LogP contribution in [0.5, 0.6) is 5.75 Å². The number of hydrogen-bond donors (Lipinski definition) is 0. The molecule has 0 fully saturated rings. The van der Waals surface area contributed by atoms with Crippen LogP contribution in [0.2, 0.25) is 5.02 Å². The van der Waals surface area contributed by atoms with Crippen molar-refractivity contribution >= 4 is 23.4 Å². The molecule has 0 aliphatic carbocycles. The van der Waals surface area contributed by atoms with E-state index in [2.05, 4.69) is 14.9 Å². The van der Waals surface area contributed by atoms with Gasteiger partial charge in [-0.15, -0.1) is 10.2 Å². The van der Waals surface area contributed by atoms with Gasteiger partial charge in [-0.05, 0) is 42.0 Å². The standard InChI is InChI=1S/C17H14ClF2N3OS/c1-23-15(12-4-8-14(9-5-12)24-16(19)20)21-22-17(23)25-10-11-2-6-13(18)7-3-11/h2-9,16H,10H2,1H3. The fourth-order valence-electron chi connectivity index (χ4n) is 2.21. The molecule has 0 unspecified atom stereocenters. The number of rotatable bonds is 6. The predicted octanol–water partition coefficient (Wildman–Crippen LogP) is 5.03. The molecule has 3 aromatic rings. The maximum Gasteiger partial charge on any atom is 0.387 e. The van der Waals surface area contributed by atoms with E-state index >= 15 is 0 Å². The van der Waals surface area contributed by atoms with E-state index in [1.54, 1.807) is 23.9 Å². The fourth-order valence-corrected chi connectivity index (χ4v) is 3.20. The second kappa shape index (κ2) is 7.84. The first-order valence-electron chi connectivity index (χ1n) is 7.35. The average Bonchev–Trinajstić information content (AvgIpc) is 2.95. The zero-order chi connectivity index (χ0) is 17.8. The van der Waals surface area contributed by atoms with Crippen LogP contribution in [0.1, 0.15) is 5.56 Å². The van der Waals surface area contributed by atoms with E-state index in [1.807, 2.05) is 35.9 Å². The molecular formula is C17H14ClF2N3OS. The molecule has 4 nitrogen and oxygen atoms in total. The molecule has 1 heterocycles. The minimum atomic E-state index is -2.84. The molecule has 0 N–H and O–H groups in total. The van der Waals surface area contributed by atoms with E-state index in [0.717, 1.165) is 22.0 Å². The van der Waals surface area contributed by atoms with Crippen molar-refractivity contribution in [1.82, 2.24) is 14.8 Å². The van der Waals surface area contributed by atoms with Gasteiger partial charge in [-0.25, -0.2) is 0 Å². The first kappa shape index (κ1) is 17.7. The summed E-state index contributed by atoms with van der Waals surface area (Å²) in [5, 5.41) is 9.84. The maximum atomic E-state index is 12.2. The molecule has 1 aromatic heterocycles. The zero-order valence-corrected chi connectivity index (χ0v) is 14.8. The first-order valence-corrected chi connectivity index (χ1v) is 8.71. The molecular weight excluding hydrogens is 368 g/mol. The number of alkyl halides is 2. The molecule has 130 valence electrons. The molecule has 0 amide bonds. The predicted molar refractivity (Wildman–Crippen MR) is 94.1 cm³/mol. The average molecular weight is 382 g/mol. The molecule has 3 rings (SSSR count).